The highest BCUT2D eigenvalue weighted by molar-refractivity contribution is 6.30. The average molecular weight is 298 g/mol. The number of carbonyl (C=O) groups is 1. The fourth-order valence-electron chi connectivity index (χ4n) is 1.63. The van der Waals surface area contributed by atoms with Crippen molar-refractivity contribution in [2.45, 2.75) is 6.92 Å². The van der Waals surface area contributed by atoms with Crippen LogP contribution in [0.15, 0.2) is 22.6 Å². The van der Waals surface area contributed by atoms with Crippen LogP contribution in [-0.4, -0.2) is 29.8 Å². The molecule has 0 atom stereocenters. The quantitative estimate of drug-likeness (QED) is 0.913. The number of halogens is 1. The third-order valence-corrected chi connectivity index (χ3v) is 2.70. The fraction of sp³-hybridized carbons (Fsp3) is 0.231. The Kier molecular flexibility index (Phi) is 4.14. The number of hydrogen-bond donors (Lipinski definition) is 1. The number of oxazole rings is 1. The smallest absolute Gasteiger partial charge is 0.362 e. The Morgan fingerprint density at radius 3 is 2.85 bits per heavy atom. The highest BCUT2D eigenvalue weighted by atomic mass is 35.5. The van der Waals surface area contributed by atoms with Crippen LogP contribution in [0.2, 0.25) is 5.02 Å². The number of rotatable bonds is 5. The van der Waals surface area contributed by atoms with Crippen LogP contribution in [0.1, 0.15) is 17.4 Å². The molecule has 1 N–H and O–H groups in total. The Labute approximate surface area is 119 Å². The van der Waals surface area contributed by atoms with Crippen molar-refractivity contribution in [1.29, 1.82) is 0 Å². The van der Waals surface area contributed by atoms with Crippen molar-refractivity contribution >= 4 is 17.6 Å². The maximum Gasteiger partial charge on any atom is 0.362 e. The summed E-state index contributed by atoms with van der Waals surface area (Å²) in [7, 11) is 1.47. The van der Waals surface area contributed by atoms with E-state index in [0.29, 0.717) is 16.3 Å². The van der Waals surface area contributed by atoms with E-state index in [2.05, 4.69) is 4.98 Å². The largest absolute Gasteiger partial charge is 0.496 e. The van der Waals surface area contributed by atoms with Gasteiger partial charge in [0.2, 0.25) is 11.6 Å². The number of aromatic nitrogens is 1. The molecule has 0 amide bonds. The van der Waals surface area contributed by atoms with Crippen LogP contribution in [0, 0.1) is 0 Å². The number of aromatic carboxylic acids is 1. The molecule has 0 unspecified atom stereocenters. The van der Waals surface area contributed by atoms with E-state index in [0.717, 1.165) is 0 Å². The number of ether oxygens (including phenoxy) is 2. The molecular formula is C13H12ClNO5. The molecular weight excluding hydrogens is 286 g/mol. The predicted molar refractivity (Wildman–Crippen MR) is 71.6 cm³/mol. The molecule has 6 nitrogen and oxygen atoms in total. The first-order valence-electron chi connectivity index (χ1n) is 5.77. The molecule has 1 heterocycles. The minimum Gasteiger partial charge on any atom is -0.496 e. The fourth-order valence-corrected chi connectivity index (χ4v) is 1.79. The molecule has 0 radical (unpaired) electrons. The van der Waals surface area contributed by atoms with Crippen LogP contribution in [0.4, 0.5) is 0 Å². The summed E-state index contributed by atoms with van der Waals surface area (Å²) in [5.74, 6) is -0.832. The van der Waals surface area contributed by atoms with E-state index in [4.69, 9.17) is 30.6 Å². The highest BCUT2D eigenvalue weighted by Crippen LogP contribution is 2.35. The van der Waals surface area contributed by atoms with Crippen molar-refractivity contribution in [2.75, 3.05) is 13.7 Å². The number of carboxylic acid groups (broad SMARTS) is 1. The van der Waals surface area contributed by atoms with Crippen molar-refractivity contribution in [3.05, 3.63) is 28.9 Å². The molecule has 0 saturated heterocycles. The Hall–Kier alpha value is -2.21. The molecule has 0 spiro atoms. The Balaban J connectivity index is 2.53. The molecule has 106 valence electrons. The first-order valence-corrected chi connectivity index (χ1v) is 6.15. The maximum atomic E-state index is 11.1. The van der Waals surface area contributed by atoms with E-state index in [1.807, 2.05) is 0 Å². The Morgan fingerprint density at radius 2 is 2.25 bits per heavy atom. The van der Waals surface area contributed by atoms with Gasteiger partial charge in [-0.15, -0.1) is 0 Å². The van der Waals surface area contributed by atoms with Gasteiger partial charge in [-0.2, -0.15) is 4.98 Å². The van der Waals surface area contributed by atoms with Crippen molar-refractivity contribution in [1.82, 2.24) is 4.98 Å². The van der Waals surface area contributed by atoms with E-state index in [1.54, 1.807) is 25.1 Å². The lowest BCUT2D eigenvalue weighted by Gasteiger charge is -2.05. The minimum atomic E-state index is -1.23. The summed E-state index contributed by atoms with van der Waals surface area (Å²) in [5.41, 5.74) is 0.212. The van der Waals surface area contributed by atoms with Gasteiger partial charge in [0.05, 0.1) is 19.3 Å². The first-order chi connectivity index (χ1) is 9.56. The van der Waals surface area contributed by atoms with Gasteiger partial charge in [0.25, 0.3) is 0 Å². The Bertz CT molecular complexity index is 638. The summed E-state index contributed by atoms with van der Waals surface area (Å²) in [6.07, 6.45) is 0. The van der Waals surface area contributed by atoms with Crippen molar-refractivity contribution in [3.63, 3.8) is 0 Å². The lowest BCUT2D eigenvalue weighted by Crippen LogP contribution is -2.01. The van der Waals surface area contributed by atoms with Gasteiger partial charge in [-0.3, -0.25) is 0 Å². The standard InChI is InChI=1S/C13H12ClNO5/c1-3-19-13-10(12(16)17)15-11(20-13)8-5-4-7(14)6-9(8)18-2/h4-6H,3H2,1-2H3,(H,16,17). The van der Waals surface area contributed by atoms with Gasteiger partial charge in [0, 0.05) is 5.02 Å². The Morgan fingerprint density at radius 1 is 1.50 bits per heavy atom. The van der Waals surface area contributed by atoms with Crippen molar-refractivity contribution < 1.29 is 23.8 Å². The van der Waals surface area contributed by atoms with Gasteiger partial charge >= 0.3 is 11.9 Å². The van der Waals surface area contributed by atoms with Gasteiger partial charge in [-0.25, -0.2) is 4.79 Å². The summed E-state index contributed by atoms with van der Waals surface area (Å²) in [6.45, 7) is 1.99. The zero-order valence-corrected chi connectivity index (χ0v) is 11.6. The maximum absolute atomic E-state index is 11.1. The van der Waals surface area contributed by atoms with Crippen molar-refractivity contribution in [3.8, 4) is 23.1 Å². The second kappa shape index (κ2) is 5.83. The summed E-state index contributed by atoms with van der Waals surface area (Å²) < 4.78 is 15.6. The van der Waals surface area contributed by atoms with E-state index < -0.39 is 5.97 Å². The molecule has 0 aliphatic rings. The van der Waals surface area contributed by atoms with Crippen LogP contribution in [-0.2, 0) is 0 Å². The molecule has 0 aliphatic carbocycles. The highest BCUT2D eigenvalue weighted by Gasteiger charge is 2.23. The van der Waals surface area contributed by atoms with Crippen LogP contribution in [0.5, 0.6) is 11.7 Å². The zero-order valence-electron chi connectivity index (χ0n) is 10.8. The molecule has 0 aliphatic heterocycles. The molecule has 0 fully saturated rings. The summed E-state index contributed by atoms with van der Waals surface area (Å²) >= 11 is 5.87. The monoisotopic (exact) mass is 297 g/mol. The molecule has 1 aromatic heterocycles. The zero-order chi connectivity index (χ0) is 14.7. The van der Waals surface area contributed by atoms with Gasteiger partial charge in [-0.05, 0) is 25.1 Å². The summed E-state index contributed by atoms with van der Waals surface area (Å²) in [6, 6.07) is 4.85. The second-order valence-corrected chi connectivity index (χ2v) is 4.17. The topological polar surface area (TPSA) is 81.8 Å². The molecule has 0 bridgehead atoms. The van der Waals surface area contributed by atoms with Gasteiger partial charge in [0.15, 0.2) is 0 Å². The van der Waals surface area contributed by atoms with Gasteiger partial charge < -0.3 is 19.0 Å². The molecule has 2 rings (SSSR count). The molecule has 1 aromatic carbocycles. The van der Waals surface area contributed by atoms with E-state index in [-0.39, 0.29) is 24.1 Å². The molecule has 20 heavy (non-hydrogen) atoms. The first kappa shape index (κ1) is 14.2. The average Bonchev–Trinajstić information content (AvgIpc) is 2.83. The third kappa shape index (κ3) is 2.70. The summed E-state index contributed by atoms with van der Waals surface area (Å²) in [4.78, 5) is 15.0. The number of methoxy groups -OCH3 is 1. The van der Waals surface area contributed by atoms with E-state index in [1.165, 1.54) is 7.11 Å². The van der Waals surface area contributed by atoms with Crippen molar-refractivity contribution in [2.24, 2.45) is 0 Å². The van der Waals surface area contributed by atoms with Crippen LogP contribution in [0.25, 0.3) is 11.5 Å². The number of benzene rings is 1. The van der Waals surface area contributed by atoms with E-state index >= 15 is 0 Å². The van der Waals surface area contributed by atoms with Gasteiger partial charge in [0.1, 0.15) is 5.75 Å². The molecule has 7 heteroatoms. The number of nitrogens with zero attached hydrogens (tertiary/aromatic N) is 1. The van der Waals surface area contributed by atoms with Gasteiger partial charge in [-0.1, -0.05) is 11.6 Å². The lowest BCUT2D eigenvalue weighted by molar-refractivity contribution is 0.0683. The van der Waals surface area contributed by atoms with E-state index in [9.17, 15) is 4.79 Å². The van der Waals surface area contributed by atoms with Crippen LogP contribution < -0.4 is 9.47 Å². The molecule has 2 aromatic rings. The number of hydrogen-bond acceptors (Lipinski definition) is 5. The van der Waals surface area contributed by atoms with Crippen LogP contribution >= 0.6 is 11.6 Å². The predicted octanol–water partition coefficient (Wildman–Crippen LogP) is 3.10. The van der Waals surface area contributed by atoms with Crippen LogP contribution in [0.3, 0.4) is 0 Å². The third-order valence-electron chi connectivity index (χ3n) is 2.47. The number of carboxylic acids is 1. The second-order valence-electron chi connectivity index (χ2n) is 3.74. The molecule has 0 saturated carbocycles. The normalized spacial score (nSPS) is 10.3. The minimum absolute atomic E-state index is 0.0966. The SMILES string of the molecule is CCOc1oc(-c2ccc(Cl)cc2OC)nc1C(=O)O. The summed E-state index contributed by atoms with van der Waals surface area (Å²) in [5, 5.41) is 9.55. The lowest BCUT2D eigenvalue weighted by atomic mass is 10.2.